The topological polar surface area (TPSA) is 84.3 Å². The Morgan fingerprint density at radius 2 is 1.91 bits per heavy atom. The van der Waals surface area contributed by atoms with E-state index in [2.05, 4.69) is 19.9 Å². The molecule has 1 N–H and O–H groups in total. The molecule has 118 valence electrons. The second kappa shape index (κ2) is 7.10. The summed E-state index contributed by atoms with van der Waals surface area (Å²) in [5, 5.41) is 10.8. The number of piperidine rings is 1. The highest BCUT2D eigenvalue weighted by Crippen LogP contribution is 2.22. The monoisotopic (exact) mass is 331 g/mol. The number of hydrogen-bond donors (Lipinski definition) is 1. The lowest BCUT2D eigenvalue weighted by molar-refractivity contribution is 0.0611. The standard InChI is InChI=1S/C14H15BClN5O2/c15-13-17-5-11(6-18-13)23-8-9-1-2-21(7-12(9)22)14-19-3-10(16)4-20-14/h3-6,9,12,22H,1-2,7-8H2/t9-,12-/m0/s1. The Bertz CT molecular complexity index is 643. The Balaban J connectivity index is 1.54. The van der Waals surface area contributed by atoms with Gasteiger partial charge in [-0.25, -0.2) is 19.9 Å². The summed E-state index contributed by atoms with van der Waals surface area (Å²) in [5.74, 6) is 1.13. The molecule has 1 fully saturated rings. The fourth-order valence-corrected chi connectivity index (χ4v) is 2.53. The molecule has 3 rings (SSSR count). The number of halogens is 1. The van der Waals surface area contributed by atoms with E-state index in [9.17, 15) is 5.11 Å². The van der Waals surface area contributed by atoms with Crippen LogP contribution in [0.25, 0.3) is 0 Å². The quantitative estimate of drug-likeness (QED) is 0.788. The van der Waals surface area contributed by atoms with Crippen LogP contribution in [0.3, 0.4) is 0 Å². The van der Waals surface area contributed by atoms with Crippen LogP contribution in [0.2, 0.25) is 5.02 Å². The third-order valence-electron chi connectivity index (χ3n) is 3.72. The van der Waals surface area contributed by atoms with Gasteiger partial charge < -0.3 is 14.7 Å². The Hall–Kier alpha value is -1.93. The Kier molecular flexibility index (Phi) is 4.92. The maximum Gasteiger partial charge on any atom is 0.225 e. The van der Waals surface area contributed by atoms with Crippen LogP contribution in [0.15, 0.2) is 24.8 Å². The zero-order valence-electron chi connectivity index (χ0n) is 12.3. The van der Waals surface area contributed by atoms with Crippen molar-refractivity contribution in [3.63, 3.8) is 0 Å². The molecule has 9 heteroatoms. The minimum Gasteiger partial charge on any atom is -0.490 e. The maximum absolute atomic E-state index is 10.3. The smallest absolute Gasteiger partial charge is 0.225 e. The van der Waals surface area contributed by atoms with Crippen molar-refractivity contribution in [2.24, 2.45) is 5.92 Å². The molecule has 2 radical (unpaired) electrons. The van der Waals surface area contributed by atoms with Crippen LogP contribution in [0, 0.1) is 5.92 Å². The van der Waals surface area contributed by atoms with Crippen molar-refractivity contribution in [3.05, 3.63) is 29.8 Å². The van der Waals surface area contributed by atoms with E-state index in [4.69, 9.17) is 24.2 Å². The molecule has 2 aromatic heterocycles. The predicted octanol–water partition coefficient (Wildman–Crippen LogP) is -0.0200. The lowest BCUT2D eigenvalue weighted by Gasteiger charge is -2.35. The number of β-amino-alcohol motifs (C(OH)–C–C–N with tert-alkyl or cyclic N) is 1. The molecule has 0 aliphatic carbocycles. The van der Waals surface area contributed by atoms with E-state index in [1.165, 1.54) is 12.4 Å². The average Bonchev–Trinajstić information content (AvgIpc) is 2.56. The maximum atomic E-state index is 10.3. The Labute approximate surface area is 140 Å². The van der Waals surface area contributed by atoms with Crippen LogP contribution in [-0.2, 0) is 0 Å². The number of anilines is 1. The third kappa shape index (κ3) is 4.08. The average molecular weight is 332 g/mol. The predicted molar refractivity (Wildman–Crippen MR) is 86.3 cm³/mol. The number of aliphatic hydroxyl groups is 1. The fourth-order valence-electron chi connectivity index (χ4n) is 2.43. The number of rotatable bonds is 4. The summed E-state index contributed by atoms with van der Waals surface area (Å²) in [6.45, 7) is 1.59. The molecule has 23 heavy (non-hydrogen) atoms. The molecule has 2 aromatic rings. The van der Waals surface area contributed by atoms with E-state index in [0.717, 1.165) is 13.0 Å². The molecule has 0 aromatic carbocycles. The number of hydrogen-bond acceptors (Lipinski definition) is 7. The molecule has 1 aliphatic rings. The zero-order valence-corrected chi connectivity index (χ0v) is 13.1. The minimum atomic E-state index is -0.530. The molecule has 0 spiro atoms. The van der Waals surface area contributed by atoms with Gasteiger partial charge in [0.15, 0.2) is 13.6 Å². The summed E-state index contributed by atoms with van der Waals surface area (Å²) in [5.41, 5.74) is 0.202. The van der Waals surface area contributed by atoms with Gasteiger partial charge in [0.1, 0.15) is 0 Å². The first-order chi connectivity index (χ1) is 11.1. The van der Waals surface area contributed by atoms with Gasteiger partial charge in [0.25, 0.3) is 0 Å². The summed E-state index contributed by atoms with van der Waals surface area (Å²) < 4.78 is 5.62. The van der Waals surface area contributed by atoms with E-state index >= 15 is 0 Å². The van der Waals surface area contributed by atoms with Gasteiger partial charge in [-0.15, -0.1) is 0 Å². The molecule has 7 nitrogen and oxygen atoms in total. The number of aliphatic hydroxyl groups excluding tert-OH is 1. The molecule has 1 saturated heterocycles. The number of nitrogens with zero attached hydrogens (tertiary/aromatic N) is 5. The highest BCUT2D eigenvalue weighted by molar-refractivity contribution is 6.30. The Morgan fingerprint density at radius 1 is 1.22 bits per heavy atom. The van der Waals surface area contributed by atoms with E-state index in [-0.39, 0.29) is 11.6 Å². The lowest BCUT2D eigenvalue weighted by Crippen LogP contribution is -2.46. The van der Waals surface area contributed by atoms with Crippen molar-refractivity contribution in [1.82, 2.24) is 19.9 Å². The van der Waals surface area contributed by atoms with Gasteiger partial charge in [-0.3, -0.25) is 0 Å². The third-order valence-corrected chi connectivity index (χ3v) is 3.92. The molecular formula is C14H15BClN5O2. The molecule has 3 heterocycles. The largest absolute Gasteiger partial charge is 0.490 e. The second-order valence-corrected chi connectivity index (χ2v) is 5.79. The van der Waals surface area contributed by atoms with Crippen molar-refractivity contribution in [2.45, 2.75) is 12.5 Å². The van der Waals surface area contributed by atoms with Crippen molar-refractivity contribution >= 4 is 31.1 Å². The van der Waals surface area contributed by atoms with Gasteiger partial charge in [0, 0.05) is 19.0 Å². The van der Waals surface area contributed by atoms with Gasteiger partial charge in [-0.2, -0.15) is 0 Å². The van der Waals surface area contributed by atoms with Gasteiger partial charge in [0.2, 0.25) is 5.95 Å². The molecular weight excluding hydrogens is 316 g/mol. The fraction of sp³-hybridized carbons (Fsp3) is 0.429. The minimum absolute atomic E-state index is 0.0242. The summed E-state index contributed by atoms with van der Waals surface area (Å²) in [6, 6.07) is 0. The van der Waals surface area contributed by atoms with E-state index in [1.807, 2.05) is 4.90 Å². The lowest BCUT2D eigenvalue weighted by atomic mass is 9.95. The molecule has 0 amide bonds. The van der Waals surface area contributed by atoms with Crippen LogP contribution >= 0.6 is 11.6 Å². The first kappa shape index (κ1) is 16.0. The Morgan fingerprint density at radius 3 is 2.57 bits per heavy atom. The van der Waals surface area contributed by atoms with Gasteiger partial charge in [-0.1, -0.05) is 11.6 Å². The van der Waals surface area contributed by atoms with Gasteiger partial charge >= 0.3 is 0 Å². The highest BCUT2D eigenvalue weighted by atomic mass is 35.5. The van der Waals surface area contributed by atoms with Crippen LogP contribution in [0.1, 0.15) is 6.42 Å². The normalized spacial score (nSPS) is 21.2. The highest BCUT2D eigenvalue weighted by Gasteiger charge is 2.29. The van der Waals surface area contributed by atoms with Crippen LogP contribution in [0.4, 0.5) is 5.95 Å². The van der Waals surface area contributed by atoms with Crippen molar-refractivity contribution in [3.8, 4) is 5.75 Å². The summed E-state index contributed by atoms with van der Waals surface area (Å²) in [6.07, 6.45) is 6.37. The van der Waals surface area contributed by atoms with Crippen LogP contribution < -0.4 is 15.4 Å². The second-order valence-electron chi connectivity index (χ2n) is 5.35. The van der Waals surface area contributed by atoms with Crippen molar-refractivity contribution in [2.75, 3.05) is 24.6 Å². The van der Waals surface area contributed by atoms with E-state index < -0.39 is 6.10 Å². The SMILES string of the molecule is [B]c1ncc(OC[C@@H]2CCN(c3ncc(Cl)cn3)C[C@@H]2O)cn1. The first-order valence-electron chi connectivity index (χ1n) is 7.22. The zero-order chi connectivity index (χ0) is 16.2. The summed E-state index contributed by atoms with van der Waals surface area (Å²) in [7, 11) is 5.42. The van der Waals surface area contributed by atoms with Gasteiger partial charge in [-0.05, 0) is 6.42 Å². The van der Waals surface area contributed by atoms with E-state index in [1.54, 1.807) is 12.4 Å². The summed E-state index contributed by atoms with van der Waals surface area (Å²) in [4.78, 5) is 18.0. The molecule has 1 aliphatic heterocycles. The molecule has 0 bridgehead atoms. The van der Waals surface area contributed by atoms with Crippen molar-refractivity contribution in [1.29, 1.82) is 0 Å². The molecule has 2 atom stereocenters. The van der Waals surface area contributed by atoms with E-state index in [0.29, 0.717) is 29.9 Å². The number of ether oxygens (including phenoxy) is 1. The number of aromatic nitrogens is 4. The van der Waals surface area contributed by atoms with Crippen molar-refractivity contribution < 1.29 is 9.84 Å². The molecule has 0 unspecified atom stereocenters. The van der Waals surface area contributed by atoms with Crippen LogP contribution in [-0.4, -0.2) is 58.7 Å². The summed E-state index contributed by atoms with van der Waals surface area (Å²) >= 11 is 5.78. The first-order valence-corrected chi connectivity index (χ1v) is 7.60. The van der Waals surface area contributed by atoms with Gasteiger partial charge in [0.05, 0.1) is 48.2 Å². The van der Waals surface area contributed by atoms with Crippen LogP contribution in [0.5, 0.6) is 5.75 Å². The molecule has 0 saturated carbocycles.